The molecular weight excluding hydrogens is 434 g/mol. The minimum Gasteiger partial charge on any atom is -0.469 e. The summed E-state index contributed by atoms with van der Waals surface area (Å²) in [5.74, 6) is -0.0371. The minimum atomic E-state index is -0.483. The molecule has 2 aromatic carbocycles. The fourth-order valence-electron chi connectivity index (χ4n) is 3.61. The van der Waals surface area contributed by atoms with Crippen LogP contribution in [0.25, 0.3) is 0 Å². The van der Waals surface area contributed by atoms with Crippen LogP contribution in [-0.4, -0.2) is 24.2 Å². The van der Waals surface area contributed by atoms with Gasteiger partial charge in [0.15, 0.2) is 0 Å². The Morgan fingerprint density at radius 3 is 2.35 bits per heavy atom. The molecule has 1 aliphatic rings. The predicted octanol–water partition coefficient (Wildman–Crippen LogP) is 4.90. The number of nitrogens with one attached hydrogen (secondary N) is 2. The third kappa shape index (κ3) is 5.51. The first-order valence-corrected chi connectivity index (χ1v) is 11.4. The van der Waals surface area contributed by atoms with Crippen LogP contribution in [0, 0.1) is 5.82 Å². The molecule has 0 bridgehead atoms. The van der Waals surface area contributed by atoms with E-state index in [9.17, 15) is 9.18 Å². The summed E-state index contributed by atoms with van der Waals surface area (Å²) in [4.78, 5) is 12.2. The molecule has 0 aliphatic carbocycles. The number of benzene rings is 2. The molecule has 1 aromatic heterocycles. The van der Waals surface area contributed by atoms with E-state index in [1.807, 2.05) is 52.0 Å². The first-order valence-electron chi connectivity index (χ1n) is 11.4. The van der Waals surface area contributed by atoms with E-state index in [-0.39, 0.29) is 29.2 Å². The van der Waals surface area contributed by atoms with Gasteiger partial charge in [-0.2, -0.15) is 0 Å². The molecule has 1 saturated heterocycles. The Bertz CT molecular complexity index is 1110. The van der Waals surface area contributed by atoms with Crippen LogP contribution in [0.1, 0.15) is 45.4 Å². The molecule has 2 heterocycles. The highest BCUT2D eigenvalue weighted by Crippen LogP contribution is 2.36. The smallest absolute Gasteiger partial charge is 0.469 e. The highest BCUT2D eigenvalue weighted by atomic mass is 19.1. The summed E-state index contributed by atoms with van der Waals surface area (Å²) in [5.41, 5.74) is 2.10. The number of anilines is 2. The van der Waals surface area contributed by atoms with Crippen LogP contribution in [0.5, 0.6) is 0 Å². The lowest BCUT2D eigenvalue weighted by atomic mass is 9.79. The van der Waals surface area contributed by atoms with Gasteiger partial charge >= 0.3 is 7.12 Å². The van der Waals surface area contributed by atoms with Gasteiger partial charge in [-0.1, -0.05) is 24.3 Å². The lowest BCUT2D eigenvalue weighted by Crippen LogP contribution is -2.41. The number of carbonyl (C=O) groups is 1. The van der Waals surface area contributed by atoms with E-state index < -0.39 is 12.9 Å². The van der Waals surface area contributed by atoms with Crippen LogP contribution in [0.3, 0.4) is 0 Å². The van der Waals surface area contributed by atoms with Gasteiger partial charge in [-0.15, -0.1) is 0 Å². The Morgan fingerprint density at radius 2 is 1.71 bits per heavy atom. The second-order valence-corrected chi connectivity index (χ2v) is 9.51. The van der Waals surface area contributed by atoms with Crippen LogP contribution in [0.2, 0.25) is 0 Å². The summed E-state index contributed by atoms with van der Waals surface area (Å²) in [5, 5.41) is 5.92. The maximum absolute atomic E-state index is 14.2. The largest absolute Gasteiger partial charge is 0.494 e. The molecule has 0 atom stereocenters. The van der Waals surface area contributed by atoms with E-state index in [2.05, 4.69) is 10.6 Å². The summed E-state index contributed by atoms with van der Waals surface area (Å²) < 4.78 is 31.7. The van der Waals surface area contributed by atoms with E-state index >= 15 is 0 Å². The van der Waals surface area contributed by atoms with Gasteiger partial charge in [0, 0.05) is 25.1 Å². The predicted molar refractivity (Wildman–Crippen MR) is 132 cm³/mol. The zero-order chi connectivity index (χ0) is 24.3. The summed E-state index contributed by atoms with van der Waals surface area (Å²) in [7, 11) is -0.400. The monoisotopic (exact) mass is 464 g/mol. The minimum absolute atomic E-state index is 0.144. The molecule has 34 heavy (non-hydrogen) atoms. The molecule has 178 valence electrons. The molecule has 8 heteroatoms. The van der Waals surface area contributed by atoms with Crippen molar-refractivity contribution >= 4 is 29.9 Å². The molecule has 4 rings (SSSR count). The van der Waals surface area contributed by atoms with Gasteiger partial charge in [0.2, 0.25) is 5.91 Å². The topological polar surface area (TPSA) is 72.7 Å². The maximum atomic E-state index is 14.2. The Kier molecular flexibility index (Phi) is 6.82. The van der Waals surface area contributed by atoms with Gasteiger partial charge in [0.1, 0.15) is 11.6 Å². The maximum Gasteiger partial charge on any atom is 0.494 e. The highest BCUT2D eigenvalue weighted by molar-refractivity contribution is 6.62. The van der Waals surface area contributed by atoms with E-state index in [1.54, 1.807) is 30.5 Å². The van der Waals surface area contributed by atoms with Crippen molar-refractivity contribution in [1.29, 1.82) is 0 Å². The Labute approximate surface area is 200 Å². The summed E-state index contributed by atoms with van der Waals surface area (Å²) in [6.45, 7) is 8.67. The van der Waals surface area contributed by atoms with Gasteiger partial charge in [0.25, 0.3) is 0 Å². The zero-order valence-electron chi connectivity index (χ0n) is 20.0. The number of amides is 1. The van der Waals surface area contributed by atoms with Crippen molar-refractivity contribution in [2.24, 2.45) is 0 Å². The molecule has 1 aliphatic heterocycles. The second-order valence-electron chi connectivity index (χ2n) is 9.51. The molecule has 0 saturated carbocycles. The fraction of sp³-hybridized carbons (Fsp3) is 0.346. The molecule has 1 fully saturated rings. The molecule has 0 unspecified atom stereocenters. The normalized spacial score (nSPS) is 16.4. The van der Waals surface area contributed by atoms with E-state index in [0.29, 0.717) is 18.7 Å². The van der Waals surface area contributed by atoms with Crippen LogP contribution >= 0.6 is 0 Å². The molecular formula is C26H30BFN2O4. The standard InChI is InChI=1S/C26H30BFN2O4/c1-25(2)26(3,4)34-27(33-25)19-9-7-18(8-10-19)17-29-20-11-13-22(28)23(16-20)30-24(31)14-12-21-6-5-15-32-21/h5-11,13,15-16,29H,12,14,17H2,1-4H3,(H,30,31). The van der Waals surface area contributed by atoms with Gasteiger partial charge in [-0.3, -0.25) is 4.79 Å². The van der Waals surface area contributed by atoms with Gasteiger partial charge in [0.05, 0.1) is 23.2 Å². The van der Waals surface area contributed by atoms with E-state index in [1.165, 1.54) is 6.07 Å². The van der Waals surface area contributed by atoms with Crippen molar-refractivity contribution in [2.45, 2.75) is 58.3 Å². The summed E-state index contributed by atoms with van der Waals surface area (Å²) in [6, 6.07) is 16.2. The molecule has 0 spiro atoms. The SMILES string of the molecule is CC1(C)OB(c2ccc(CNc3ccc(F)c(NC(=O)CCc4ccco4)c3)cc2)OC1(C)C. The molecule has 0 radical (unpaired) electrons. The number of hydrogen-bond acceptors (Lipinski definition) is 5. The van der Waals surface area contributed by atoms with Crippen molar-refractivity contribution in [3.8, 4) is 0 Å². The van der Waals surface area contributed by atoms with Gasteiger partial charge in [-0.25, -0.2) is 4.39 Å². The third-order valence-electron chi connectivity index (χ3n) is 6.42. The van der Waals surface area contributed by atoms with E-state index in [4.69, 9.17) is 13.7 Å². The number of rotatable bonds is 8. The fourth-order valence-corrected chi connectivity index (χ4v) is 3.61. The Morgan fingerprint density at radius 1 is 1.00 bits per heavy atom. The highest BCUT2D eigenvalue weighted by Gasteiger charge is 2.51. The summed E-state index contributed by atoms with van der Waals surface area (Å²) >= 11 is 0. The molecule has 3 aromatic rings. The zero-order valence-corrected chi connectivity index (χ0v) is 20.0. The van der Waals surface area contributed by atoms with Gasteiger partial charge < -0.3 is 24.4 Å². The Balaban J connectivity index is 1.32. The molecule has 1 amide bonds. The molecule has 6 nitrogen and oxygen atoms in total. The average molecular weight is 464 g/mol. The third-order valence-corrected chi connectivity index (χ3v) is 6.42. The van der Waals surface area contributed by atoms with Crippen LogP contribution in [-0.2, 0) is 27.1 Å². The van der Waals surface area contributed by atoms with Crippen molar-refractivity contribution < 1.29 is 22.9 Å². The first-order chi connectivity index (χ1) is 16.1. The average Bonchev–Trinajstić information content (AvgIpc) is 3.38. The van der Waals surface area contributed by atoms with Crippen molar-refractivity contribution in [3.63, 3.8) is 0 Å². The molecule has 2 N–H and O–H groups in total. The first kappa shape index (κ1) is 24.0. The van der Waals surface area contributed by atoms with Crippen LogP contribution in [0.15, 0.2) is 65.3 Å². The quantitative estimate of drug-likeness (QED) is 0.464. The lowest BCUT2D eigenvalue weighted by molar-refractivity contribution is -0.116. The van der Waals surface area contributed by atoms with Crippen molar-refractivity contribution in [1.82, 2.24) is 0 Å². The van der Waals surface area contributed by atoms with Crippen LogP contribution in [0.4, 0.5) is 15.8 Å². The van der Waals surface area contributed by atoms with E-state index in [0.717, 1.165) is 16.8 Å². The van der Waals surface area contributed by atoms with Gasteiger partial charge in [-0.05, 0) is 69.1 Å². The number of aryl methyl sites for hydroxylation is 1. The van der Waals surface area contributed by atoms with Crippen molar-refractivity contribution in [3.05, 3.63) is 78.0 Å². The number of furan rings is 1. The van der Waals surface area contributed by atoms with Crippen LogP contribution < -0.4 is 16.1 Å². The Hall–Kier alpha value is -3.10. The number of halogens is 1. The van der Waals surface area contributed by atoms with Crippen molar-refractivity contribution in [2.75, 3.05) is 10.6 Å². The number of carbonyl (C=O) groups excluding carboxylic acids is 1. The lowest BCUT2D eigenvalue weighted by Gasteiger charge is -2.32. The summed E-state index contributed by atoms with van der Waals surface area (Å²) in [6.07, 6.45) is 2.23. The number of hydrogen-bond donors (Lipinski definition) is 2. The second kappa shape index (κ2) is 9.64.